The Bertz CT molecular complexity index is 407. The molecule has 0 radical (unpaired) electrons. The van der Waals surface area contributed by atoms with Crippen LogP contribution < -0.4 is 5.32 Å². The van der Waals surface area contributed by atoms with Crippen LogP contribution in [0.5, 0.6) is 0 Å². The molecule has 1 aliphatic carbocycles. The Morgan fingerprint density at radius 1 is 1.28 bits per heavy atom. The molecule has 0 amide bonds. The van der Waals surface area contributed by atoms with Crippen LogP contribution in [0.4, 0.5) is 4.39 Å². The van der Waals surface area contributed by atoms with Crippen molar-refractivity contribution < 1.29 is 4.39 Å². The first-order chi connectivity index (χ1) is 8.56. The van der Waals surface area contributed by atoms with Crippen molar-refractivity contribution in [2.24, 2.45) is 11.8 Å². The van der Waals surface area contributed by atoms with Crippen LogP contribution in [0.2, 0.25) is 5.02 Å². The predicted octanol–water partition coefficient (Wildman–Crippen LogP) is 4.39. The summed E-state index contributed by atoms with van der Waals surface area (Å²) in [7, 11) is 0. The standard InChI is InChI=1S/C15H21ClFN/c1-10-3-6-14(7-11(10)2)18-9-12-4-5-13(16)8-15(12)17/h4-5,8,10-11,14,18H,3,6-7,9H2,1-2H3. The van der Waals surface area contributed by atoms with Crippen molar-refractivity contribution in [2.75, 3.05) is 0 Å². The second-order valence-corrected chi connectivity index (χ2v) is 6.02. The number of halogens is 2. The second-order valence-electron chi connectivity index (χ2n) is 5.58. The van der Waals surface area contributed by atoms with Gasteiger partial charge in [-0.15, -0.1) is 0 Å². The fourth-order valence-corrected chi connectivity index (χ4v) is 2.81. The van der Waals surface area contributed by atoms with Crippen LogP contribution in [-0.4, -0.2) is 6.04 Å². The molecular weight excluding hydrogens is 249 g/mol. The zero-order chi connectivity index (χ0) is 13.1. The van der Waals surface area contributed by atoms with Gasteiger partial charge in [-0.2, -0.15) is 0 Å². The highest BCUT2D eigenvalue weighted by Crippen LogP contribution is 2.29. The van der Waals surface area contributed by atoms with Crippen LogP contribution in [0.25, 0.3) is 0 Å². The Balaban J connectivity index is 1.88. The lowest BCUT2D eigenvalue weighted by Gasteiger charge is -2.32. The van der Waals surface area contributed by atoms with Crippen molar-refractivity contribution in [1.82, 2.24) is 5.32 Å². The van der Waals surface area contributed by atoms with E-state index in [2.05, 4.69) is 19.2 Å². The molecule has 1 nitrogen and oxygen atoms in total. The Kier molecular flexibility index (Phi) is 4.63. The van der Waals surface area contributed by atoms with Gasteiger partial charge in [-0.25, -0.2) is 4.39 Å². The summed E-state index contributed by atoms with van der Waals surface area (Å²) in [6.07, 6.45) is 3.65. The van der Waals surface area contributed by atoms with E-state index in [1.165, 1.54) is 25.3 Å². The van der Waals surface area contributed by atoms with Crippen LogP contribution in [0, 0.1) is 17.7 Å². The van der Waals surface area contributed by atoms with Gasteiger partial charge in [-0.05, 0) is 43.2 Å². The predicted molar refractivity (Wildman–Crippen MR) is 74.2 cm³/mol. The van der Waals surface area contributed by atoms with Crippen LogP contribution in [0.15, 0.2) is 18.2 Å². The average molecular weight is 270 g/mol. The monoisotopic (exact) mass is 269 g/mol. The molecule has 2 rings (SSSR count). The van der Waals surface area contributed by atoms with Gasteiger partial charge in [0.15, 0.2) is 0 Å². The van der Waals surface area contributed by atoms with Crippen molar-refractivity contribution in [2.45, 2.75) is 45.7 Å². The van der Waals surface area contributed by atoms with E-state index in [0.717, 1.165) is 11.8 Å². The van der Waals surface area contributed by atoms with E-state index in [4.69, 9.17) is 11.6 Å². The Morgan fingerprint density at radius 2 is 2.06 bits per heavy atom. The van der Waals surface area contributed by atoms with E-state index >= 15 is 0 Å². The van der Waals surface area contributed by atoms with Gasteiger partial charge in [0.05, 0.1) is 0 Å². The van der Waals surface area contributed by atoms with Gasteiger partial charge in [-0.3, -0.25) is 0 Å². The molecule has 0 saturated heterocycles. The number of nitrogens with one attached hydrogen (secondary N) is 1. The summed E-state index contributed by atoms with van der Waals surface area (Å²) in [4.78, 5) is 0. The average Bonchev–Trinajstić information content (AvgIpc) is 2.32. The summed E-state index contributed by atoms with van der Waals surface area (Å²) in [5.74, 6) is 1.36. The molecule has 0 aromatic heterocycles. The highest BCUT2D eigenvalue weighted by molar-refractivity contribution is 6.30. The van der Waals surface area contributed by atoms with Crippen molar-refractivity contribution in [3.05, 3.63) is 34.6 Å². The molecule has 1 fully saturated rings. The molecule has 1 aromatic carbocycles. The van der Waals surface area contributed by atoms with E-state index in [-0.39, 0.29) is 5.82 Å². The molecule has 18 heavy (non-hydrogen) atoms. The van der Waals surface area contributed by atoms with Crippen LogP contribution in [-0.2, 0) is 6.54 Å². The molecule has 1 N–H and O–H groups in total. The lowest BCUT2D eigenvalue weighted by molar-refractivity contribution is 0.225. The molecule has 0 aliphatic heterocycles. The van der Waals surface area contributed by atoms with Crippen LogP contribution in [0.3, 0.4) is 0 Å². The molecule has 3 heteroatoms. The molecule has 0 heterocycles. The van der Waals surface area contributed by atoms with Gasteiger partial charge in [0.2, 0.25) is 0 Å². The molecule has 1 aliphatic rings. The van der Waals surface area contributed by atoms with Gasteiger partial charge >= 0.3 is 0 Å². The van der Waals surface area contributed by atoms with Crippen molar-refractivity contribution in [1.29, 1.82) is 0 Å². The quantitative estimate of drug-likeness (QED) is 0.858. The van der Waals surface area contributed by atoms with Crippen molar-refractivity contribution in [3.63, 3.8) is 0 Å². The summed E-state index contributed by atoms with van der Waals surface area (Å²) in [6, 6.07) is 5.41. The summed E-state index contributed by atoms with van der Waals surface area (Å²) < 4.78 is 13.6. The third kappa shape index (κ3) is 3.46. The molecule has 0 spiro atoms. The highest BCUT2D eigenvalue weighted by Gasteiger charge is 2.24. The zero-order valence-electron chi connectivity index (χ0n) is 11.0. The molecule has 1 saturated carbocycles. The van der Waals surface area contributed by atoms with Crippen molar-refractivity contribution in [3.8, 4) is 0 Å². The summed E-state index contributed by atoms with van der Waals surface area (Å²) in [5.41, 5.74) is 0.700. The fraction of sp³-hybridized carbons (Fsp3) is 0.600. The topological polar surface area (TPSA) is 12.0 Å². The van der Waals surface area contributed by atoms with Crippen molar-refractivity contribution >= 4 is 11.6 Å². The maximum absolute atomic E-state index is 13.6. The molecule has 100 valence electrons. The van der Waals surface area contributed by atoms with E-state index in [0.29, 0.717) is 23.2 Å². The molecule has 3 unspecified atom stereocenters. The van der Waals surface area contributed by atoms with Gasteiger partial charge in [0, 0.05) is 23.2 Å². The zero-order valence-corrected chi connectivity index (χ0v) is 11.8. The van der Waals surface area contributed by atoms with Gasteiger partial charge in [0.1, 0.15) is 5.82 Å². The molecule has 3 atom stereocenters. The van der Waals surface area contributed by atoms with Crippen LogP contribution >= 0.6 is 11.6 Å². The minimum Gasteiger partial charge on any atom is -0.310 e. The Morgan fingerprint density at radius 3 is 2.72 bits per heavy atom. The lowest BCUT2D eigenvalue weighted by Crippen LogP contribution is -2.35. The third-order valence-corrected chi connectivity index (χ3v) is 4.43. The largest absolute Gasteiger partial charge is 0.310 e. The third-order valence-electron chi connectivity index (χ3n) is 4.19. The maximum Gasteiger partial charge on any atom is 0.129 e. The SMILES string of the molecule is CC1CCC(NCc2ccc(Cl)cc2F)CC1C. The van der Waals surface area contributed by atoms with E-state index in [1.807, 2.05) is 0 Å². The first kappa shape index (κ1) is 13.8. The number of hydrogen-bond acceptors (Lipinski definition) is 1. The van der Waals surface area contributed by atoms with E-state index < -0.39 is 0 Å². The lowest BCUT2D eigenvalue weighted by atomic mass is 9.79. The smallest absolute Gasteiger partial charge is 0.129 e. The second kappa shape index (κ2) is 6.03. The Hall–Kier alpha value is -0.600. The number of hydrogen-bond donors (Lipinski definition) is 1. The normalized spacial score (nSPS) is 28.3. The highest BCUT2D eigenvalue weighted by atomic mass is 35.5. The van der Waals surface area contributed by atoms with E-state index in [1.54, 1.807) is 12.1 Å². The summed E-state index contributed by atoms with van der Waals surface area (Å²) in [5, 5.41) is 3.92. The van der Waals surface area contributed by atoms with Gasteiger partial charge in [-0.1, -0.05) is 31.5 Å². The number of rotatable bonds is 3. The van der Waals surface area contributed by atoms with E-state index in [9.17, 15) is 4.39 Å². The molecule has 0 bridgehead atoms. The summed E-state index contributed by atoms with van der Waals surface area (Å²) >= 11 is 5.74. The molecular formula is C15H21ClFN. The maximum atomic E-state index is 13.6. The van der Waals surface area contributed by atoms with Crippen LogP contribution in [0.1, 0.15) is 38.7 Å². The minimum absolute atomic E-state index is 0.216. The first-order valence-corrected chi connectivity index (χ1v) is 7.11. The van der Waals surface area contributed by atoms with Gasteiger partial charge < -0.3 is 5.32 Å². The number of benzene rings is 1. The fourth-order valence-electron chi connectivity index (χ4n) is 2.65. The summed E-state index contributed by atoms with van der Waals surface area (Å²) in [6.45, 7) is 5.22. The minimum atomic E-state index is -0.216. The first-order valence-electron chi connectivity index (χ1n) is 6.73. The molecule has 1 aromatic rings. The Labute approximate surface area is 114 Å². The van der Waals surface area contributed by atoms with Gasteiger partial charge in [0.25, 0.3) is 0 Å².